The van der Waals surface area contributed by atoms with Crippen molar-refractivity contribution in [2.45, 2.75) is 54.5 Å². The first-order valence-electron chi connectivity index (χ1n) is 5.61. The molecule has 0 radical (unpaired) electrons. The highest BCUT2D eigenvalue weighted by atomic mass is 16.4. The molecular weight excluding hydrogens is 234 g/mol. The second kappa shape index (κ2) is 10.9. The van der Waals surface area contributed by atoms with Crippen LogP contribution in [-0.4, -0.2) is 28.7 Å². The van der Waals surface area contributed by atoms with Gasteiger partial charge in [0.05, 0.1) is 12.0 Å². The molecule has 0 aromatic rings. The summed E-state index contributed by atoms with van der Waals surface area (Å²) in [4.78, 5) is 31.3. The number of hydrogen-bond acceptors (Lipinski definition) is 4. The van der Waals surface area contributed by atoms with E-state index in [1.54, 1.807) is 27.7 Å². The maximum absolute atomic E-state index is 11.0. The number of aliphatic carboxylic acids is 1. The van der Waals surface area contributed by atoms with Crippen LogP contribution in [0.15, 0.2) is 0 Å². The molecule has 0 aromatic heterocycles. The molecular formula is C13H27NO4. The van der Waals surface area contributed by atoms with Crippen molar-refractivity contribution in [3.63, 3.8) is 0 Å². The van der Waals surface area contributed by atoms with Gasteiger partial charge in [-0.2, -0.15) is 0 Å². The second-order valence-corrected chi connectivity index (χ2v) is 4.54. The minimum atomic E-state index is -0.741. The number of Topliss-reactive ketones (excluding diaryl/α,β-unsaturated/α-hetero) is 2. The molecule has 5 nitrogen and oxygen atoms in total. The number of carboxylic acids is 1. The zero-order valence-electron chi connectivity index (χ0n) is 11.2. The lowest BCUT2D eigenvalue weighted by molar-refractivity contribution is -0.140. The van der Waals surface area contributed by atoms with Crippen LogP contribution in [-0.2, 0) is 14.4 Å². The van der Waals surface area contributed by atoms with E-state index in [-0.39, 0.29) is 37.2 Å². The van der Waals surface area contributed by atoms with Crippen LogP contribution in [0.5, 0.6) is 0 Å². The van der Waals surface area contributed by atoms with E-state index in [0.717, 1.165) is 0 Å². The van der Waals surface area contributed by atoms with E-state index in [4.69, 9.17) is 10.8 Å². The molecule has 0 rings (SSSR count). The Labute approximate surface area is 110 Å². The fourth-order valence-electron chi connectivity index (χ4n) is 0.596. The molecule has 0 aliphatic carbocycles. The Hall–Kier alpha value is -1.23. The van der Waals surface area contributed by atoms with Gasteiger partial charge in [-0.25, -0.2) is 0 Å². The smallest absolute Gasteiger partial charge is 0.305 e. The zero-order chi connectivity index (χ0) is 14.2. The molecule has 1 atom stereocenters. The number of hydrogen-bond donors (Lipinski definition) is 2. The lowest BCUT2D eigenvalue weighted by Gasteiger charge is -2.07. The molecule has 0 spiro atoms. The molecule has 3 N–H and O–H groups in total. The Bertz CT molecular complexity index is 272. The first-order valence-corrected chi connectivity index (χ1v) is 5.61. The Morgan fingerprint density at radius 1 is 1.06 bits per heavy atom. The lowest BCUT2D eigenvalue weighted by Crippen LogP contribution is -2.32. The summed E-state index contributed by atoms with van der Waals surface area (Å²) in [6.07, 6.45) is 0.174. The van der Waals surface area contributed by atoms with Gasteiger partial charge in [-0.1, -0.05) is 35.1 Å². The van der Waals surface area contributed by atoms with Gasteiger partial charge in [-0.05, 0) is 6.92 Å². The van der Waals surface area contributed by atoms with Gasteiger partial charge in [0.15, 0.2) is 0 Å². The summed E-state index contributed by atoms with van der Waals surface area (Å²) in [5.74, 6) is -1.08. The van der Waals surface area contributed by atoms with Crippen LogP contribution in [0.1, 0.15) is 48.5 Å². The molecule has 0 aliphatic heterocycles. The normalized spacial score (nSPS) is 11.1. The molecule has 0 aromatic carbocycles. The van der Waals surface area contributed by atoms with Gasteiger partial charge in [-0.3, -0.25) is 14.4 Å². The molecule has 0 fully saturated rings. The van der Waals surface area contributed by atoms with E-state index in [1.165, 1.54) is 6.92 Å². The average Bonchev–Trinajstić information content (AvgIpc) is 2.17. The van der Waals surface area contributed by atoms with Crippen molar-refractivity contribution < 1.29 is 19.5 Å². The third kappa shape index (κ3) is 12.8. The van der Waals surface area contributed by atoms with Gasteiger partial charge in [0.1, 0.15) is 11.6 Å². The Morgan fingerprint density at radius 2 is 1.39 bits per heavy atom. The van der Waals surface area contributed by atoms with Crippen molar-refractivity contribution in [2.75, 3.05) is 0 Å². The van der Waals surface area contributed by atoms with Crippen molar-refractivity contribution in [3.05, 3.63) is 0 Å². The standard InChI is InChI=1S/C8H15NO2.C4H8O2.CH4/c1-5(2)8(11)4-7(9)6(3)10;1-3(2)4(5)6;/h5,7H,4,9H2,1-3H3;3H,1-2H3,(H,5,6);1H4. The summed E-state index contributed by atoms with van der Waals surface area (Å²) in [5, 5.41) is 7.99. The fourth-order valence-corrected chi connectivity index (χ4v) is 0.596. The van der Waals surface area contributed by atoms with Gasteiger partial charge in [0, 0.05) is 12.3 Å². The highest BCUT2D eigenvalue weighted by Crippen LogP contribution is 2.01. The number of ketones is 2. The van der Waals surface area contributed by atoms with Crippen LogP contribution in [0.2, 0.25) is 0 Å². The molecule has 1 unspecified atom stereocenters. The van der Waals surface area contributed by atoms with Crippen LogP contribution in [0.25, 0.3) is 0 Å². The highest BCUT2D eigenvalue weighted by molar-refractivity contribution is 5.89. The summed E-state index contributed by atoms with van der Waals surface area (Å²) < 4.78 is 0. The minimum Gasteiger partial charge on any atom is -0.481 e. The topological polar surface area (TPSA) is 97.5 Å². The monoisotopic (exact) mass is 261 g/mol. The minimum absolute atomic E-state index is 0. The van der Waals surface area contributed by atoms with Crippen molar-refractivity contribution in [1.82, 2.24) is 0 Å². The van der Waals surface area contributed by atoms with Crippen molar-refractivity contribution >= 4 is 17.5 Å². The van der Waals surface area contributed by atoms with E-state index >= 15 is 0 Å². The van der Waals surface area contributed by atoms with Crippen LogP contribution in [0, 0.1) is 11.8 Å². The first-order chi connectivity index (χ1) is 7.59. The summed E-state index contributed by atoms with van der Waals surface area (Å²) in [6, 6.07) is -0.607. The quantitative estimate of drug-likeness (QED) is 0.787. The molecule has 0 saturated heterocycles. The largest absolute Gasteiger partial charge is 0.481 e. The van der Waals surface area contributed by atoms with Crippen LogP contribution in [0.4, 0.5) is 0 Å². The van der Waals surface area contributed by atoms with Gasteiger partial charge >= 0.3 is 5.97 Å². The van der Waals surface area contributed by atoms with Crippen LogP contribution in [0.3, 0.4) is 0 Å². The lowest BCUT2D eigenvalue weighted by atomic mass is 10.0. The number of rotatable bonds is 5. The van der Waals surface area contributed by atoms with Crippen molar-refractivity contribution in [1.29, 1.82) is 0 Å². The molecule has 18 heavy (non-hydrogen) atoms. The van der Waals surface area contributed by atoms with E-state index < -0.39 is 12.0 Å². The van der Waals surface area contributed by atoms with E-state index in [2.05, 4.69) is 0 Å². The predicted octanol–water partition coefficient (Wildman–Crippen LogP) is 1.88. The van der Waals surface area contributed by atoms with Gasteiger partial charge in [0.2, 0.25) is 0 Å². The Balaban J connectivity index is -0.000000277. The molecule has 0 amide bonds. The van der Waals surface area contributed by atoms with Gasteiger partial charge in [0.25, 0.3) is 0 Å². The molecule has 0 bridgehead atoms. The summed E-state index contributed by atoms with van der Waals surface area (Å²) in [5.41, 5.74) is 5.38. The molecule has 108 valence electrons. The van der Waals surface area contributed by atoms with E-state index in [1.807, 2.05) is 0 Å². The Morgan fingerprint density at radius 3 is 1.56 bits per heavy atom. The summed E-state index contributed by atoms with van der Waals surface area (Å²) in [6.45, 7) is 8.29. The first kappa shape index (κ1) is 22.0. The maximum Gasteiger partial charge on any atom is 0.305 e. The molecule has 0 heterocycles. The highest BCUT2D eigenvalue weighted by Gasteiger charge is 2.15. The predicted molar refractivity (Wildman–Crippen MR) is 72.3 cm³/mol. The average molecular weight is 261 g/mol. The third-order valence-corrected chi connectivity index (χ3v) is 2.08. The number of carbonyl (C=O) groups excluding carboxylic acids is 2. The molecule has 0 saturated carbocycles. The van der Waals surface area contributed by atoms with Crippen LogP contribution >= 0.6 is 0 Å². The van der Waals surface area contributed by atoms with E-state index in [0.29, 0.717) is 0 Å². The summed E-state index contributed by atoms with van der Waals surface area (Å²) >= 11 is 0. The van der Waals surface area contributed by atoms with Crippen LogP contribution < -0.4 is 5.73 Å². The number of nitrogens with two attached hydrogens (primary N) is 1. The maximum atomic E-state index is 11.0. The number of carbonyl (C=O) groups is 3. The second-order valence-electron chi connectivity index (χ2n) is 4.54. The van der Waals surface area contributed by atoms with Crippen molar-refractivity contribution in [3.8, 4) is 0 Å². The van der Waals surface area contributed by atoms with Gasteiger partial charge < -0.3 is 10.8 Å². The van der Waals surface area contributed by atoms with Crippen molar-refractivity contribution in [2.24, 2.45) is 17.6 Å². The fraction of sp³-hybridized carbons (Fsp3) is 0.769. The van der Waals surface area contributed by atoms with E-state index in [9.17, 15) is 14.4 Å². The molecule has 5 heteroatoms. The molecule has 0 aliphatic rings. The SMILES string of the molecule is C.CC(=O)C(N)CC(=O)C(C)C.CC(C)C(=O)O. The van der Waals surface area contributed by atoms with Gasteiger partial charge in [-0.15, -0.1) is 0 Å². The third-order valence-electron chi connectivity index (χ3n) is 2.08. The zero-order valence-corrected chi connectivity index (χ0v) is 11.2. The number of carboxylic acid groups (broad SMARTS) is 1. The summed E-state index contributed by atoms with van der Waals surface area (Å²) in [7, 11) is 0. The Kier molecular flexibility index (Phi) is 13.3.